The quantitative estimate of drug-likeness (QED) is 0.722. The molecule has 0 aromatic carbocycles. The van der Waals surface area contributed by atoms with Crippen LogP contribution in [0.2, 0.25) is 0 Å². The summed E-state index contributed by atoms with van der Waals surface area (Å²) < 4.78 is 7.58. The van der Waals surface area contributed by atoms with Crippen LogP contribution in [0, 0.1) is 5.92 Å². The lowest BCUT2D eigenvalue weighted by molar-refractivity contribution is 0.0951. The first-order valence-electron chi connectivity index (χ1n) is 5.05. The lowest BCUT2D eigenvalue weighted by atomic mass is 10.00. The van der Waals surface area contributed by atoms with Crippen LogP contribution in [0.4, 0.5) is 0 Å². The highest BCUT2D eigenvalue weighted by Crippen LogP contribution is 2.34. The summed E-state index contributed by atoms with van der Waals surface area (Å²) in [6.07, 6.45) is 5.16. The van der Waals surface area contributed by atoms with E-state index in [1.165, 1.54) is 0 Å². The molecule has 78 valence electrons. The first kappa shape index (κ1) is 9.99. The molecule has 14 heavy (non-hydrogen) atoms. The number of aromatic nitrogens is 2. The predicted molar refractivity (Wildman–Crippen MR) is 55.4 cm³/mol. The monoisotopic (exact) mass is 214 g/mol. The summed E-state index contributed by atoms with van der Waals surface area (Å²) in [6.45, 7) is 3.79. The summed E-state index contributed by atoms with van der Waals surface area (Å²) in [7, 11) is 0. The van der Waals surface area contributed by atoms with Gasteiger partial charge in [0.1, 0.15) is 0 Å². The van der Waals surface area contributed by atoms with Gasteiger partial charge in [-0.1, -0.05) is 0 Å². The van der Waals surface area contributed by atoms with Gasteiger partial charge < -0.3 is 4.74 Å². The second kappa shape index (κ2) is 4.32. The average molecular weight is 215 g/mol. The smallest absolute Gasteiger partial charge is 0.0895 e. The van der Waals surface area contributed by atoms with Crippen molar-refractivity contribution in [1.29, 1.82) is 0 Å². The second-order valence-corrected chi connectivity index (χ2v) is 3.93. The van der Waals surface area contributed by atoms with E-state index in [2.05, 4.69) is 18.2 Å². The van der Waals surface area contributed by atoms with E-state index in [9.17, 15) is 0 Å². The molecule has 0 N–H and O–H groups in total. The molecule has 2 heterocycles. The first-order chi connectivity index (χ1) is 6.85. The Morgan fingerprint density at radius 1 is 1.71 bits per heavy atom. The van der Waals surface area contributed by atoms with Gasteiger partial charge in [0, 0.05) is 36.7 Å². The second-order valence-electron chi connectivity index (χ2n) is 3.62. The molecule has 1 aliphatic rings. The van der Waals surface area contributed by atoms with Crippen molar-refractivity contribution in [3.05, 3.63) is 18.0 Å². The van der Waals surface area contributed by atoms with Crippen molar-refractivity contribution in [2.75, 3.05) is 12.5 Å². The van der Waals surface area contributed by atoms with Gasteiger partial charge in [0.2, 0.25) is 0 Å². The highest BCUT2D eigenvalue weighted by atomic mass is 35.5. The molecule has 0 amide bonds. The number of nitrogens with zero attached hydrogens (tertiary/aromatic N) is 2. The molecule has 2 rings (SSSR count). The maximum atomic E-state index is 5.89. The molecule has 1 aliphatic heterocycles. The van der Waals surface area contributed by atoms with Crippen molar-refractivity contribution in [3.8, 4) is 0 Å². The van der Waals surface area contributed by atoms with Crippen LogP contribution >= 0.6 is 11.6 Å². The molecular formula is C10H15ClN2O. The van der Waals surface area contributed by atoms with Crippen LogP contribution in [0.3, 0.4) is 0 Å². The minimum absolute atomic E-state index is 0.160. The SMILES string of the molecule is CCn1cc(C2OCCC2CCl)cn1. The molecule has 0 bridgehead atoms. The molecule has 0 aliphatic carbocycles. The maximum absolute atomic E-state index is 5.89. The zero-order valence-corrected chi connectivity index (χ0v) is 9.07. The van der Waals surface area contributed by atoms with Crippen LogP contribution < -0.4 is 0 Å². The van der Waals surface area contributed by atoms with Gasteiger partial charge in [-0.3, -0.25) is 4.68 Å². The zero-order valence-electron chi connectivity index (χ0n) is 8.32. The lowest BCUT2D eigenvalue weighted by Gasteiger charge is -2.13. The normalized spacial score (nSPS) is 27.0. The Morgan fingerprint density at radius 2 is 2.57 bits per heavy atom. The van der Waals surface area contributed by atoms with Gasteiger partial charge in [-0.2, -0.15) is 5.10 Å². The van der Waals surface area contributed by atoms with Gasteiger partial charge in [0.15, 0.2) is 0 Å². The van der Waals surface area contributed by atoms with Gasteiger partial charge in [-0.05, 0) is 13.3 Å². The van der Waals surface area contributed by atoms with Gasteiger partial charge in [0.25, 0.3) is 0 Å². The number of halogens is 1. The van der Waals surface area contributed by atoms with E-state index in [-0.39, 0.29) is 6.10 Å². The van der Waals surface area contributed by atoms with Crippen LogP contribution in [0.15, 0.2) is 12.4 Å². The van der Waals surface area contributed by atoms with Crippen molar-refractivity contribution in [1.82, 2.24) is 9.78 Å². The molecule has 0 saturated carbocycles. The summed E-state index contributed by atoms with van der Waals surface area (Å²) in [5.41, 5.74) is 1.16. The van der Waals surface area contributed by atoms with Gasteiger partial charge in [0.05, 0.1) is 12.3 Å². The topological polar surface area (TPSA) is 27.1 Å². The Bertz CT molecular complexity index is 300. The number of hydrogen-bond acceptors (Lipinski definition) is 2. The Morgan fingerprint density at radius 3 is 3.21 bits per heavy atom. The fraction of sp³-hybridized carbons (Fsp3) is 0.700. The molecule has 2 atom stereocenters. The van der Waals surface area contributed by atoms with Crippen molar-refractivity contribution in [3.63, 3.8) is 0 Å². The van der Waals surface area contributed by atoms with E-state index in [4.69, 9.17) is 16.3 Å². The van der Waals surface area contributed by atoms with E-state index < -0.39 is 0 Å². The van der Waals surface area contributed by atoms with Crippen LogP contribution in [0.1, 0.15) is 25.0 Å². The highest BCUT2D eigenvalue weighted by Gasteiger charge is 2.29. The van der Waals surface area contributed by atoms with E-state index >= 15 is 0 Å². The molecule has 1 saturated heterocycles. The lowest BCUT2D eigenvalue weighted by Crippen LogP contribution is -2.08. The summed E-state index contributed by atoms with van der Waals surface area (Å²) in [6, 6.07) is 0. The number of rotatable bonds is 3. The molecule has 4 heteroatoms. The number of aryl methyl sites for hydroxylation is 1. The van der Waals surface area contributed by atoms with E-state index in [1.54, 1.807) is 0 Å². The Balaban J connectivity index is 2.13. The van der Waals surface area contributed by atoms with Crippen LogP contribution in [0.5, 0.6) is 0 Å². The van der Waals surface area contributed by atoms with Crippen molar-refractivity contribution in [2.45, 2.75) is 26.0 Å². The Labute approximate surface area is 89.0 Å². The fourth-order valence-electron chi connectivity index (χ4n) is 1.86. The number of alkyl halides is 1. The van der Waals surface area contributed by atoms with Crippen LogP contribution in [-0.4, -0.2) is 22.3 Å². The highest BCUT2D eigenvalue weighted by molar-refractivity contribution is 6.18. The van der Waals surface area contributed by atoms with Crippen molar-refractivity contribution in [2.24, 2.45) is 5.92 Å². The summed E-state index contributed by atoms with van der Waals surface area (Å²) in [5, 5.41) is 4.24. The van der Waals surface area contributed by atoms with E-state index in [0.717, 1.165) is 25.1 Å². The summed E-state index contributed by atoms with van der Waals surface area (Å²) >= 11 is 5.89. The minimum Gasteiger partial charge on any atom is -0.373 e. The van der Waals surface area contributed by atoms with Crippen LogP contribution in [-0.2, 0) is 11.3 Å². The molecule has 2 unspecified atom stereocenters. The zero-order chi connectivity index (χ0) is 9.97. The summed E-state index contributed by atoms with van der Waals surface area (Å²) in [4.78, 5) is 0. The van der Waals surface area contributed by atoms with Crippen LogP contribution in [0.25, 0.3) is 0 Å². The molecule has 1 aromatic heterocycles. The third-order valence-corrected chi connectivity index (χ3v) is 3.11. The molecule has 0 spiro atoms. The third kappa shape index (κ3) is 1.79. The minimum atomic E-state index is 0.160. The first-order valence-corrected chi connectivity index (χ1v) is 5.58. The molecule has 3 nitrogen and oxygen atoms in total. The maximum Gasteiger partial charge on any atom is 0.0895 e. The standard InChI is InChI=1S/C10H15ClN2O/c1-2-13-7-9(6-12-13)10-8(5-11)3-4-14-10/h6-8,10H,2-5H2,1H3. The summed E-state index contributed by atoms with van der Waals surface area (Å²) in [5.74, 6) is 1.12. The fourth-order valence-corrected chi connectivity index (χ4v) is 2.18. The third-order valence-electron chi connectivity index (χ3n) is 2.72. The van der Waals surface area contributed by atoms with Gasteiger partial charge >= 0.3 is 0 Å². The number of ether oxygens (including phenoxy) is 1. The van der Waals surface area contributed by atoms with E-state index in [1.807, 2.05) is 10.9 Å². The molecular weight excluding hydrogens is 200 g/mol. The molecule has 0 radical (unpaired) electrons. The van der Waals surface area contributed by atoms with Gasteiger partial charge in [-0.25, -0.2) is 0 Å². The van der Waals surface area contributed by atoms with Crippen molar-refractivity contribution >= 4 is 11.6 Å². The largest absolute Gasteiger partial charge is 0.373 e. The molecule has 1 aromatic rings. The molecule has 1 fully saturated rings. The predicted octanol–water partition coefficient (Wildman–Crippen LogP) is 2.22. The van der Waals surface area contributed by atoms with Gasteiger partial charge in [-0.15, -0.1) is 11.6 Å². The average Bonchev–Trinajstić information content (AvgIpc) is 2.85. The Hall–Kier alpha value is -0.540. The van der Waals surface area contributed by atoms with E-state index in [0.29, 0.717) is 11.8 Å². The number of hydrogen-bond donors (Lipinski definition) is 0. The van der Waals surface area contributed by atoms with Crippen molar-refractivity contribution < 1.29 is 4.74 Å². The Kier molecular flexibility index (Phi) is 3.08.